The summed E-state index contributed by atoms with van der Waals surface area (Å²) in [5.41, 5.74) is 3.05. The molecule has 1 aliphatic heterocycles. The summed E-state index contributed by atoms with van der Waals surface area (Å²) in [5.74, 6) is 2.64. The van der Waals surface area contributed by atoms with Crippen LogP contribution < -0.4 is 9.64 Å². The van der Waals surface area contributed by atoms with Crippen molar-refractivity contribution in [2.24, 2.45) is 0 Å². The van der Waals surface area contributed by atoms with Crippen LogP contribution in [0.25, 0.3) is 22.4 Å². The third-order valence-electron chi connectivity index (χ3n) is 5.03. The molecular formula is C21H26N4O2. The van der Waals surface area contributed by atoms with Gasteiger partial charge in [0.15, 0.2) is 11.6 Å². The van der Waals surface area contributed by atoms with E-state index in [9.17, 15) is 0 Å². The van der Waals surface area contributed by atoms with Crippen LogP contribution >= 0.6 is 0 Å². The van der Waals surface area contributed by atoms with Crippen LogP contribution in [-0.2, 0) is 11.3 Å². The van der Waals surface area contributed by atoms with Gasteiger partial charge in [0.1, 0.15) is 12.4 Å². The highest BCUT2D eigenvalue weighted by molar-refractivity contribution is 5.81. The third-order valence-corrected chi connectivity index (χ3v) is 5.03. The molecule has 142 valence electrons. The zero-order valence-corrected chi connectivity index (χ0v) is 16.2. The van der Waals surface area contributed by atoms with Crippen LogP contribution in [0.5, 0.6) is 5.75 Å². The van der Waals surface area contributed by atoms with Crippen molar-refractivity contribution in [2.45, 2.75) is 33.4 Å². The lowest BCUT2D eigenvalue weighted by atomic mass is 10.2. The molecule has 0 saturated heterocycles. The normalized spacial score (nSPS) is 16.4. The van der Waals surface area contributed by atoms with E-state index < -0.39 is 0 Å². The van der Waals surface area contributed by atoms with Gasteiger partial charge >= 0.3 is 0 Å². The first-order valence-corrected chi connectivity index (χ1v) is 9.65. The second-order valence-corrected chi connectivity index (χ2v) is 6.76. The van der Waals surface area contributed by atoms with Crippen LogP contribution in [0.3, 0.4) is 0 Å². The summed E-state index contributed by atoms with van der Waals surface area (Å²) in [6, 6.07) is 10.6. The SMILES string of the molecule is CCOCCn1c(-c2cnc3c(c2)OCC(C)N3CC)nc2ccccc21. The van der Waals surface area contributed by atoms with Crippen molar-refractivity contribution in [2.75, 3.05) is 31.3 Å². The van der Waals surface area contributed by atoms with E-state index in [-0.39, 0.29) is 0 Å². The minimum atomic E-state index is 0.330. The first kappa shape index (κ1) is 17.8. The maximum atomic E-state index is 5.98. The first-order valence-electron chi connectivity index (χ1n) is 9.65. The van der Waals surface area contributed by atoms with Gasteiger partial charge in [-0.25, -0.2) is 9.97 Å². The molecule has 6 nitrogen and oxygen atoms in total. The van der Waals surface area contributed by atoms with E-state index >= 15 is 0 Å². The zero-order chi connectivity index (χ0) is 18.8. The van der Waals surface area contributed by atoms with Gasteiger partial charge in [-0.3, -0.25) is 0 Å². The summed E-state index contributed by atoms with van der Waals surface area (Å²) >= 11 is 0. The van der Waals surface area contributed by atoms with Crippen molar-refractivity contribution in [1.29, 1.82) is 0 Å². The molecule has 4 rings (SSSR count). The largest absolute Gasteiger partial charge is 0.488 e. The molecule has 0 bridgehead atoms. The zero-order valence-electron chi connectivity index (χ0n) is 16.2. The number of imidazole rings is 1. The van der Waals surface area contributed by atoms with Crippen molar-refractivity contribution in [3.63, 3.8) is 0 Å². The molecule has 6 heteroatoms. The molecule has 0 spiro atoms. The lowest BCUT2D eigenvalue weighted by Gasteiger charge is -2.34. The number of hydrogen-bond donors (Lipinski definition) is 0. The lowest BCUT2D eigenvalue weighted by molar-refractivity contribution is 0.140. The molecule has 3 aromatic rings. The van der Waals surface area contributed by atoms with E-state index in [4.69, 9.17) is 19.4 Å². The smallest absolute Gasteiger partial charge is 0.171 e. The van der Waals surface area contributed by atoms with Gasteiger partial charge in [0, 0.05) is 31.5 Å². The van der Waals surface area contributed by atoms with Gasteiger partial charge in [0.25, 0.3) is 0 Å². The van der Waals surface area contributed by atoms with Gasteiger partial charge in [-0.2, -0.15) is 0 Å². The molecule has 1 atom stereocenters. The number of nitrogens with zero attached hydrogens (tertiary/aromatic N) is 4. The van der Waals surface area contributed by atoms with Crippen LogP contribution in [0, 0.1) is 0 Å². The summed E-state index contributed by atoms with van der Waals surface area (Å²) < 4.78 is 13.8. The Labute approximate surface area is 159 Å². The molecule has 0 amide bonds. The predicted octanol–water partition coefficient (Wildman–Crippen LogP) is 3.74. The number of hydrogen-bond acceptors (Lipinski definition) is 5. The average Bonchev–Trinajstić information content (AvgIpc) is 3.06. The Morgan fingerprint density at radius 2 is 2.11 bits per heavy atom. The predicted molar refractivity (Wildman–Crippen MR) is 107 cm³/mol. The van der Waals surface area contributed by atoms with E-state index in [1.165, 1.54) is 0 Å². The molecule has 1 aromatic carbocycles. The summed E-state index contributed by atoms with van der Waals surface area (Å²) in [4.78, 5) is 11.9. The van der Waals surface area contributed by atoms with Crippen molar-refractivity contribution >= 4 is 16.9 Å². The highest BCUT2D eigenvalue weighted by Crippen LogP contribution is 2.35. The fourth-order valence-electron chi connectivity index (χ4n) is 3.67. The second-order valence-electron chi connectivity index (χ2n) is 6.76. The molecule has 2 aromatic heterocycles. The van der Waals surface area contributed by atoms with Crippen LogP contribution in [0.15, 0.2) is 36.5 Å². The highest BCUT2D eigenvalue weighted by atomic mass is 16.5. The summed E-state index contributed by atoms with van der Waals surface area (Å²) in [6.45, 7) is 10.0. The van der Waals surface area contributed by atoms with E-state index in [0.717, 1.165) is 47.1 Å². The minimum Gasteiger partial charge on any atom is -0.488 e. The van der Waals surface area contributed by atoms with Crippen LogP contribution in [0.4, 0.5) is 5.82 Å². The number of para-hydroxylation sites is 2. The third kappa shape index (κ3) is 3.25. The molecule has 1 aliphatic rings. The summed E-state index contributed by atoms with van der Waals surface area (Å²) in [6.07, 6.45) is 1.90. The average molecular weight is 366 g/mol. The molecule has 0 saturated carbocycles. The number of likely N-dealkylation sites (N-methyl/N-ethyl adjacent to an activating group) is 1. The van der Waals surface area contributed by atoms with Crippen molar-refractivity contribution in [1.82, 2.24) is 14.5 Å². The summed E-state index contributed by atoms with van der Waals surface area (Å²) in [5, 5.41) is 0. The van der Waals surface area contributed by atoms with Gasteiger partial charge in [-0.15, -0.1) is 0 Å². The molecule has 27 heavy (non-hydrogen) atoms. The number of rotatable bonds is 6. The molecular weight excluding hydrogens is 340 g/mol. The second kappa shape index (κ2) is 7.56. The molecule has 1 unspecified atom stereocenters. The summed E-state index contributed by atoms with van der Waals surface area (Å²) in [7, 11) is 0. The van der Waals surface area contributed by atoms with E-state index in [1.54, 1.807) is 0 Å². The van der Waals surface area contributed by atoms with Gasteiger partial charge in [-0.05, 0) is 39.0 Å². The van der Waals surface area contributed by atoms with Crippen molar-refractivity contribution in [3.05, 3.63) is 36.5 Å². The van der Waals surface area contributed by atoms with Gasteiger partial charge < -0.3 is 18.9 Å². The van der Waals surface area contributed by atoms with E-state index in [0.29, 0.717) is 25.9 Å². The number of anilines is 1. The van der Waals surface area contributed by atoms with E-state index in [1.807, 2.05) is 31.3 Å². The van der Waals surface area contributed by atoms with Gasteiger partial charge in [0.05, 0.1) is 23.7 Å². The Balaban J connectivity index is 1.77. The Hall–Kier alpha value is -2.60. The van der Waals surface area contributed by atoms with Crippen LogP contribution in [-0.4, -0.2) is 46.9 Å². The fraction of sp³-hybridized carbons (Fsp3) is 0.429. The first-order chi connectivity index (χ1) is 13.2. The number of fused-ring (bicyclic) bond motifs is 2. The molecule has 0 radical (unpaired) electrons. The number of pyridine rings is 1. The maximum Gasteiger partial charge on any atom is 0.171 e. The monoisotopic (exact) mass is 366 g/mol. The Kier molecular flexibility index (Phi) is 4.99. The topological polar surface area (TPSA) is 52.4 Å². The highest BCUT2D eigenvalue weighted by Gasteiger charge is 2.25. The molecule has 0 fully saturated rings. The molecule has 3 heterocycles. The Bertz CT molecular complexity index is 937. The maximum absolute atomic E-state index is 5.98. The van der Waals surface area contributed by atoms with Crippen LogP contribution in [0.1, 0.15) is 20.8 Å². The van der Waals surface area contributed by atoms with Crippen molar-refractivity contribution in [3.8, 4) is 17.1 Å². The van der Waals surface area contributed by atoms with Crippen molar-refractivity contribution < 1.29 is 9.47 Å². The lowest BCUT2D eigenvalue weighted by Crippen LogP contribution is -2.41. The minimum absolute atomic E-state index is 0.330. The molecule has 0 aliphatic carbocycles. The number of ether oxygens (including phenoxy) is 2. The Morgan fingerprint density at radius 3 is 2.93 bits per heavy atom. The van der Waals surface area contributed by atoms with Gasteiger partial charge in [0.2, 0.25) is 0 Å². The standard InChI is InChI=1S/C21H26N4O2/c1-4-24-15(3)14-27-19-12-16(13-22-21(19)24)20-23-17-8-6-7-9-18(17)25(20)10-11-26-5-2/h6-9,12-13,15H,4-5,10-11,14H2,1-3H3. The number of aromatic nitrogens is 3. The molecule has 0 N–H and O–H groups in total. The Morgan fingerprint density at radius 1 is 1.26 bits per heavy atom. The fourth-order valence-corrected chi connectivity index (χ4v) is 3.67. The number of benzene rings is 1. The van der Waals surface area contributed by atoms with E-state index in [2.05, 4.69) is 35.4 Å². The quantitative estimate of drug-likeness (QED) is 0.622. The van der Waals surface area contributed by atoms with Gasteiger partial charge in [-0.1, -0.05) is 12.1 Å². The van der Waals surface area contributed by atoms with Crippen LogP contribution in [0.2, 0.25) is 0 Å².